The molecule has 0 saturated heterocycles. The molecule has 3 nitrogen and oxygen atoms in total. The monoisotopic (exact) mass is 171 g/mol. The molecular formula is C9H17NO2. The summed E-state index contributed by atoms with van der Waals surface area (Å²) in [6.45, 7) is 8.39. The first-order valence-corrected chi connectivity index (χ1v) is 4.21. The van der Waals surface area contributed by atoms with Gasteiger partial charge in [-0.2, -0.15) is 0 Å². The number of ether oxygens (including phenoxy) is 1. The van der Waals surface area contributed by atoms with Crippen LogP contribution in [0.5, 0.6) is 0 Å². The second-order valence-electron chi connectivity index (χ2n) is 2.71. The average molecular weight is 171 g/mol. The maximum Gasteiger partial charge on any atom is 0.334 e. The van der Waals surface area contributed by atoms with Crippen LogP contribution < -0.4 is 5.32 Å². The molecule has 0 aromatic carbocycles. The van der Waals surface area contributed by atoms with Crippen molar-refractivity contribution in [1.82, 2.24) is 5.32 Å². The van der Waals surface area contributed by atoms with Gasteiger partial charge in [0.2, 0.25) is 0 Å². The van der Waals surface area contributed by atoms with Crippen LogP contribution in [0.15, 0.2) is 12.2 Å². The minimum atomic E-state index is -0.334. The van der Waals surface area contributed by atoms with Crippen molar-refractivity contribution >= 4 is 5.97 Å². The number of carbonyl (C=O) groups excluding carboxylic acids is 1. The molecule has 0 unspecified atom stereocenters. The molecule has 12 heavy (non-hydrogen) atoms. The van der Waals surface area contributed by atoms with Crippen LogP contribution in [0.25, 0.3) is 0 Å². The van der Waals surface area contributed by atoms with Gasteiger partial charge in [0.15, 0.2) is 0 Å². The molecule has 70 valence electrons. The van der Waals surface area contributed by atoms with Gasteiger partial charge in [-0.25, -0.2) is 4.79 Å². The molecule has 0 saturated carbocycles. The highest BCUT2D eigenvalue weighted by Crippen LogP contribution is 1.90. The minimum absolute atomic E-state index is 0.283. The van der Waals surface area contributed by atoms with Crippen LogP contribution in [0.4, 0.5) is 0 Å². The van der Waals surface area contributed by atoms with Crippen LogP contribution in [-0.4, -0.2) is 19.2 Å². The lowest BCUT2D eigenvalue weighted by Gasteiger charge is -2.04. The summed E-state index contributed by atoms with van der Waals surface area (Å²) >= 11 is 0. The smallest absolute Gasteiger partial charge is 0.334 e. The van der Waals surface area contributed by atoms with Crippen LogP contribution in [0.1, 0.15) is 26.7 Å². The van der Waals surface area contributed by atoms with Gasteiger partial charge < -0.3 is 4.74 Å². The van der Waals surface area contributed by atoms with E-state index in [4.69, 9.17) is 4.74 Å². The summed E-state index contributed by atoms with van der Waals surface area (Å²) in [6, 6.07) is 0. The summed E-state index contributed by atoms with van der Waals surface area (Å²) in [6.07, 6.45) is 2.24. The highest BCUT2D eigenvalue weighted by Gasteiger charge is 2.00. The molecule has 0 heterocycles. The van der Waals surface area contributed by atoms with Crippen molar-refractivity contribution in [3.05, 3.63) is 12.2 Å². The van der Waals surface area contributed by atoms with Gasteiger partial charge in [0.25, 0.3) is 0 Å². The molecule has 0 bridgehead atoms. The maximum absolute atomic E-state index is 10.8. The van der Waals surface area contributed by atoms with Gasteiger partial charge in [-0.05, 0) is 19.9 Å². The first-order chi connectivity index (χ1) is 5.68. The molecular weight excluding hydrogens is 154 g/mol. The van der Waals surface area contributed by atoms with E-state index < -0.39 is 0 Å². The van der Waals surface area contributed by atoms with E-state index in [1.54, 1.807) is 6.92 Å². The number of unbranched alkanes of at least 4 members (excludes halogenated alkanes) is 1. The van der Waals surface area contributed by atoms with E-state index >= 15 is 0 Å². The molecule has 0 aliphatic heterocycles. The van der Waals surface area contributed by atoms with Gasteiger partial charge in [0.1, 0.15) is 6.73 Å². The number of hydrogen-bond donors (Lipinski definition) is 1. The zero-order valence-electron chi connectivity index (χ0n) is 7.85. The summed E-state index contributed by atoms with van der Waals surface area (Å²) in [7, 11) is 0. The molecule has 3 heteroatoms. The Kier molecular flexibility index (Phi) is 6.38. The van der Waals surface area contributed by atoms with E-state index in [1.165, 1.54) is 0 Å². The van der Waals surface area contributed by atoms with Crippen LogP contribution in [-0.2, 0) is 9.53 Å². The largest absolute Gasteiger partial charge is 0.446 e. The Balaban J connectivity index is 3.20. The summed E-state index contributed by atoms with van der Waals surface area (Å²) in [4.78, 5) is 10.8. The maximum atomic E-state index is 10.8. The normalized spacial score (nSPS) is 9.50. The molecule has 0 amide bonds. The van der Waals surface area contributed by atoms with Crippen molar-refractivity contribution in [1.29, 1.82) is 0 Å². The van der Waals surface area contributed by atoms with Crippen LogP contribution in [0, 0.1) is 0 Å². The van der Waals surface area contributed by atoms with E-state index in [0.29, 0.717) is 5.57 Å². The Hall–Kier alpha value is -0.830. The first-order valence-electron chi connectivity index (χ1n) is 4.21. The molecule has 0 fully saturated rings. The minimum Gasteiger partial charge on any atom is -0.446 e. The molecule has 0 atom stereocenters. The zero-order chi connectivity index (χ0) is 9.40. The summed E-state index contributed by atoms with van der Waals surface area (Å²) in [5, 5.41) is 2.99. The van der Waals surface area contributed by atoms with E-state index in [9.17, 15) is 4.79 Å². The molecule has 0 aromatic heterocycles. The Morgan fingerprint density at radius 2 is 2.25 bits per heavy atom. The molecule has 0 aliphatic carbocycles. The summed E-state index contributed by atoms with van der Waals surface area (Å²) in [5.41, 5.74) is 0.437. The second-order valence-corrected chi connectivity index (χ2v) is 2.71. The lowest BCUT2D eigenvalue weighted by molar-refractivity contribution is -0.139. The first kappa shape index (κ1) is 11.2. The van der Waals surface area contributed by atoms with Gasteiger partial charge in [-0.3, -0.25) is 5.32 Å². The Bertz CT molecular complexity index is 155. The van der Waals surface area contributed by atoms with Crippen molar-refractivity contribution in [3.63, 3.8) is 0 Å². The molecule has 0 aliphatic rings. The number of rotatable bonds is 6. The molecule has 1 N–H and O–H groups in total. The van der Waals surface area contributed by atoms with E-state index in [-0.39, 0.29) is 12.7 Å². The highest BCUT2D eigenvalue weighted by molar-refractivity contribution is 5.86. The van der Waals surface area contributed by atoms with E-state index in [0.717, 1.165) is 19.4 Å². The lowest BCUT2D eigenvalue weighted by Crippen LogP contribution is -2.21. The quantitative estimate of drug-likeness (QED) is 0.284. The van der Waals surface area contributed by atoms with Crippen molar-refractivity contribution in [2.75, 3.05) is 13.3 Å². The number of esters is 1. The van der Waals surface area contributed by atoms with Crippen molar-refractivity contribution in [2.45, 2.75) is 26.7 Å². The Morgan fingerprint density at radius 3 is 2.75 bits per heavy atom. The average Bonchev–Trinajstić information content (AvgIpc) is 2.03. The molecule has 0 aromatic rings. The standard InChI is InChI=1S/C9H17NO2/c1-4-5-6-10-7-12-9(11)8(2)3/h10H,2,4-7H2,1,3H3. The van der Waals surface area contributed by atoms with Crippen molar-refractivity contribution < 1.29 is 9.53 Å². The number of carbonyl (C=O) groups is 1. The third kappa shape index (κ3) is 5.92. The second kappa shape index (κ2) is 6.85. The van der Waals surface area contributed by atoms with E-state index in [1.807, 2.05) is 0 Å². The topological polar surface area (TPSA) is 38.3 Å². The number of hydrogen-bond acceptors (Lipinski definition) is 3. The van der Waals surface area contributed by atoms with Gasteiger partial charge in [0.05, 0.1) is 0 Å². The Morgan fingerprint density at radius 1 is 1.58 bits per heavy atom. The predicted molar refractivity (Wildman–Crippen MR) is 48.7 cm³/mol. The summed E-state index contributed by atoms with van der Waals surface area (Å²) < 4.78 is 4.80. The third-order valence-corrected chi connectivity index (χ3v) is 1.36. The van der Waals surface area contributed by atoms with Gasteiger partial charge in [-0.15, -0.1) is 0 Å². The fourth-order valence-electron chi connectivity index (χ4n) is 0.614. The van der Waals surface area contributed by atoms with Crippen molar-refractivity contribution in [2.24, 2.45) is 0 Å². The third-order valence-electron chi connectivity index (χ3n) is 1.36. The molecule has 0 radical (unpaired) electrons. The van der Waals surface area contributed by atoms with E-state index in [2.05, 4.69) is 18.8 Å². The van der Waals surface area contributed by atoms with Crippen LogP contribution >= 0.6 is 0 Å². The van der Waals surface area contributed by atoms with Crippen LogP contribution in [0.3, 0.4) is 0 Å². The van der Waals surface area contributed by atoms with Gasteiger partial charge in [0, 0.05) is 5.57 Å². The molecule has 0 spiro atoms. The molecule has 0 rings (SSSR count). The Labute approximate surface area is 73.8 Å². The van der Waals surface area contributed by atoms with Crippen molar-refractivity contribution in [3.8, 4) is 0 Å². The highest BCUT2D eigenvalue weighted by atomic mass is 16.5. The summed E-state index contributed by atoms with van der Waals surface area (Å²) in [5.74, 6) is -0.334. The van der Waals surface area contributed by atoms with Gasteiger partial charge in [-0.1, -0.05) is 19.9 Å². The lowest BCUT2D eigenvalue weighted by atomic mass is 10.3. The predicted octanol–water partition coefficient (Wildman–Crippen LogP) is 1.45. The number of nitrogens with one attached hydrogen (secondary N) is 1. The fraction of sp³-hybridized carbons (Fsp3) is 0.667. The zero-order valence-corrected chi connectivity index (χ0v) is 7.85. The van der Waals surface area contributed by atoms with Crippen LogP contribution in [0.2, 0.25) is 0 Å². The SMILES string of the molecule is C=C(C)C(=O)OCNCCCC. The fourth-order valence-corrected chi connectivity index (χ4v) is 0.614. The van der Waals surface area contributed by atoms with Gasteiger partial charge >= 0.3 is 5.97 Å².